The fourth-order valence-electron chi connectivity index (χ4n) is 3.81. The summed E-state index contributed by atoms with van der Waals surface area (Å²) in [6, 6.07) is 8.75. The van der Waals surface area contributed by atoms with E-state index in [2.05, 4.69) is 15.6 Å². The first-order valence-electron chi connectivity index (χ1n) is 10.5. The molecule has 0 spiro atoms. The fourth-order valence-corrected chi connectivity index (χ4v) is 3.81. The lowest BCUT2D eigenvalue weighted by molar-refractivity contribution is -0.125. The third-order valence-corrected chi connectivity index (χ3v) is 5.66. The van der Waals surface area contributed by atoms with Crippen molar-refractivity contribution in [1.82, 2.24) is 15.2 Å². The minimum Gasteiger partial charge on any atom is -0.465 e. The highest BCUT2D eigenvalue weighted by atomic mass is 16.4. The Labute approximate surface area is 190 Å². The van der Waals surface area contributed by atoms with Crippen LogP contribution in [0.4, 0.5) is 10.6 Å². The Hall–Kier alpha value is -4.14. The molecule has 1 aliphatic heterocycles. The number of carboxylic acid groups (broad SMARTS) is 1. The SMILES string of the molecule is Cc1c(CN(C)C(=O)C=Cc2cnc3c(c2)CCC(NC(=O)O)C(=O)N3)oc2ccccc12. The van der Waals surface area contributed by atoms with Crippen molar-refractivity contribution >= 4 is 40.8 Å². The molecule has 0 saturated carbocycles. The fraction of sp³-hybridized carbons (Fsp3) is 0.250. The van der Waals surface area contributed by atoms with Crippen molar-refractivity contribution in [2.24, 2.45) is 0 Å². The number of amides is 3. The van der Waals surface area contributed by atoms with E-state index in [0.29, 0.717) is 30.8 Å². The molecular weight excluding hydrogens is 424 g/mol. The van der Waals surface area contributed by atoms with Crippen LogP contribution >= 0.6 is 0 Å². The van der Waals surface area contributed by atoms with Crippen LogP contribution in [-0.4, -0.2) is 46.0 Å². The first-order chi connectivity index (χ1) is 15.8. The lowest BCUT2D eigenvalue weighted by Crippen LogP contribution is -2.42. The maximum absolute atomic E-state index is 12.6. The van der Waals surface area contributed by atoms with Gasteiger partial charge in [-0.2, -0.15) is 0 Å². The van der Waals surface area contributed by atoms with Gasteiger partial charge in [-0.25, -0.2) is 9.78 Å². The molecule has 1 aromatic carbocycles. The molecule has 1 unspecified atom stereocenters. The number of pyridine rings is 1. The van der Waals surface area contributed by atoms with Crippen LogP contribution in [0.5, 0.6) is 0 Å². The van der Waals surface area contributed by atoms with Gasteiger partial charge in [-0.05, 0) is 49.1 Å². The van der Waals surface area contributed by atoms with Gasteiger partial charge in [0.1, 0.15) is 23.2 Å². The number of para-hydroxylation sites is 1. The highest BCUT2D eigenvalue weighted by Gasteiger charge is 2.25. The largest absolute Gasteiger partial charge is 0.465 e. The second kappa shape index (κ2) is 9.15. The van der Waals surface area contributed by atoms with E-state index in [9.17, 15) is 14.4 Å². The highest BCUT2D eigenvalue weighted by Crippen LogP contribution is 2.26. The van der Waals surface area contributed by atoms with Gasteiger partial charge in [0.05, 0.1) is 6.54 Å². The van der Waals surface area contributed by atoms with Crippen LogP contribution in [0, 0.1) is 6.92 Å². The number of carbonyl (C=O) groups excluding carboxylic acids is 2. The number of anilines is 1. The van der Waals surface area contributed by atoms with Crippen molar-refractivity contribution in [3.63, 3.8) is 0 Å². The molecule has 0 radical (unpaired) electrons. The highest BCUT2D eigenvalue weighted by molar-refractivity contribution is 5.97. The Kier molecular flexibility index (Phi) is 6.12. The first-order valence-corrected chi connectivity index (χ1v) is 10.5. The number of nitrogens with zero attached hydrogens (tertiary/aromatic N) is 2. The van der Waals surface area contributed by atoms with Crippen LogP contribution in [0.25, 0.3) is 17.0 Å². The molecule has 1 aliphatic rings. The van der Waals surface area contributed by atoms with Crippen LogP contribution in [0.15, 0.2) is 47.0 Å². The zero-order chi connectivity index (χ0) is 23.5. The van der Waals surface area contributed by atoms with Gasteiger partial charge in [0.15, 0.2) is 0 Å². The van der Waals surface area contributed by atoms with Crippen LogP contribution in [0.1, 0.15) is 28.9 Å². The van der Waals surface area contributed by atoms with Crippen molar-refractivity contribution in [2.45, 2.75) is 32.4 Å². The molecule has 1 atom stereocenters. The predicted molar refractivity (Wildman–Crippen MR) is 123 cm³/mol. The van der Waals surface area contributed by atoms with Gasteiger partial charge in [-0.3, -0.25) is 9.59 Å². The second-order valence-electron chi connectivity index (χ2n) is 7.98. The van der Waals surface area contributed by atoms with E-state index in [0.717, 1.165) is 27.9 Å². The summed E-state index contributed by atoms with van der Waals surface area (Å²) >= 11 is 0. The third kappa shape index (κ3) is 4.87. The molecule has 33 heavy (non-hydrogen) atoms. The number of rotatable bonds is 5. The van der Waals surface area contributed by atoms with Gasteiger partial charge in [-0.1, -0.05) is 18.2 Å². The summed E-state index contributed by atoms with van der Waals surface area (Å²) in [4.78, 5) is 41.5. The van der Waals surface area contributed by atoms with Crippen molar-refractivity contribution < 1.29 is 23.9 Å². The zero-order valence-corrected chi connectivity index (χ0v) is 18.3. The topological polar surface area (TPSA) is 125 Å². The molecule has 0 aliphatic carbocycles. The summed E-state index contributed by atoms with van der Waals surface area (Å²) in [6.07, 6.45) is 4.21. The average molecular weight is 448 g/mol. The van der Waals surface area contributed by atoms with E-state index in [-0.39, 0.29) is 5.91 Å². The Morgan fingerprint density at radius 1 is 1.36 bits per heavy atom. The Balaban J connectivity index is 1.43. The number of nitrogens with one attached hydrogen (secondary N) is 2. The van der Waals surface area contributed by atoms with Crippen LogP contribution in [0.3, 0.4) is 0 Å². The lowest BCUT2D eigenvalue weighted by Gasteiger charge is -2.14. The summed E-state index contributed by atoms with van der Waals surface area (Å²) in [7, 11) is 1.71. The number of fused-ring (bicyclic) bond motifs is 2. The maximum Gasteiger partial charge on any atom is 0.405 e. The Bertz CT molecular complexity index is 1260. The zero-order valence-electron chi connectivity index (χ0n) is 18.3. The third-order valence-electron chi connectivity index (χ3n) is 5.66. The lowest BCUT2D eigenvalue weighted by atomic mass is 10.1. The molecule has 0 fully saturated rings. The number of likely N-dealkylation sites (N-methyl/N-ethyl adjacent to an activating group) is 1. The summed E-state index contributed by atoms with van der Waals surface area (Å²) < 4.78 is 5.89. The molecule has 2 aromatic heterocycles. The summed E-state index contributed by atoms with van der Waals surface area (Å²) in [6.45, 7) is 2.32. The molecule has 170 valence electrons. The number of benzene rings is 1. The molecule has 9 nitrogen and oxygen atoms in total. The first kappa shape index (κ1) is 22.1. The molecular formula is C24H24N4O5. The van der Waals surface area contributed by atoms with Crippen molar-refractivity contribution in [2.75, 3.05) is 12.4 Å². The summed E-state index contributed by atoms with van der Waals surface area (Å²) in [5.74, 6) is 0.511. The smallest absolute Gasteiger partial charge is 0.405 e. The quantitative estimate of drug-likeness (QED) is 0.514. The number of carbonyl (C=O) groups is 3. The van der Waals surface area contributed by atoms with E-state index in [1.165, 1.54) is 6.08 Å². The van der Waals surface area contributed by atoms with Gasteiger partial charge in [0.2, 0.25) is 11.8 Å². The van der Waals surface area contributed by atoms with E-state index in [1.807, 2.05) is 37.3 Å². The van der Waals surface area contributed by atoms with E-state index < -0.39 is 18.0 Å². The predicted octanol–water partition coefficient (Wildman–Crippen LogP) is 3.33. The molecule has 9 heteroatoms. The van der Waals surface area contributed by atoms with Gasteiger partial charge < -0.3 is 25.1 Å². The van der Waals surface area contributed by atoms with Crippen LogP contribution < -0.4 is 10.6 Å². The molecule has 3 N–H and O–H groups in total. The molecule has 0 bridgehead atoms. The molecule has 3 amide bonds. The van der Waals surface area contributed by atoms with E-state index in [4.69, 9.17) is 9.52 Å². The van der Waals surface area contributed by atoms with Gasteiger partial charge in [-0.15, -0.1) is 0 Å². The molecule has 3 aromatic rings. The van der Waals surface area contributed by atoms with E-state index in [1.54, 1.807) is 24.2 Å². The van der Waals surface area contributed by atoms with Crippen molar-refractivity contribution in [3.05, 3.63) is 65.1 Å². The van der Waals surface area contributed by atoms with Crippen molar-refractivity contribution in [1.29, 1.82) is 0 Å². The summed E-state index contributed by atoms with van der Waals surface area (Å²) in [5.41, 5.74) is 3.29. The number of aromatic nitrogens is 1. The van der Waals surface area contributed by atoms with Gasteiger partial charge in [0.25, 0.3) is 0 Å². The minimum atomic E-state index is -1.25. The van der Waals surface area contributed by atoms with E-state index >= 15 is 0 Å². The van der Waals surface area contributed by atoms with Gasteiger partial charge >= 0.3 is 6.09 Å². The van der Waals surface area contributed by atoms with Crippen molar-refractivity contribution in [3.8, 4) is 0 Å². The number of aryl methyl sites for hydroxylation is 2. The normalized spacial score (nSPS) is 15.7. The monoisotopic (exact) mass is 448 g/mol. The minimum absolute atomic E-state index is 0.191. The molecule has 4 rings (SSSR count). The number of hydrogen-bond acceptors (Lipinski definition) is 5. The van der Waals surface area contributed by atoms with Crippen LogP contribution in [-0.2, 0) is 22.6 Å². The van der Waals surface area contributed by atoms with Gasteiger partial charge in [0, 0.05) is 30.3 Å². The second-order valence-corrected chi connectivity index (χ2v) is 7.98. The molecule has 0 saturated heterocycles. The number of hydrogen-bond donors (Lipinski definition) is 3. The Morgan fingerprint density at radius 2 is 2.15 bits per heavy atom. The molecule has 3 heterocycles. The standard InChI is InChI=1S/C24H24N4O5/c1-14-17-5-3-4-6-19(17)33-20(14)13-28(2)21(29)10-7-15-11-16-8-9-18(26-24(31)32)23(30)27-22(16)25-12-15/h3-7,10-12,18,26H,8-9,13H2,1-2H3,(H,31,32)(H,25,27,30). The van der Waals surface area contributed by atoms with Crippen LogP contribution in [0.2, 0.25) is 0 Å². The Morgan fingerprint density at radius 3 is 2.91 bits per heavy atom. The number of furan rings is 1. The maximum atomic E-state index is 12.6. The summed E-state index contributed by atoms with van der Waals surface area (Å²) in [5, 5.41) is 14.8. The average Bonchev–Trinajstić information content (AvgIpc) is 3.01.